The van der Waals surface area contributed by atoms with Crippen molar-refractivity contribution in [1.82, 2.24) is 8.68 Å². The summed E-state index contributed by atoms with van der Waals surface area (Å²) in [5, 5.41) is 1.54. The van der Waals surface area contributed by atoms with Crippen LogP contribution in [0.5, 0.6) is 5.75 Å². The maximum Gasteiger partial charge on any atom is 0.270 e. The van der Waals surface area contributed by atoms with E-state index in [1.165, 1.54) is 19.2 Å². The molecular formula is C14H16N2O4S2. The first-order chi connectivity index (χ1) is 10.4. The summed E-state index contributed by atoms with van der Waals surface area (Å²) in [5.74, 6) is -0.0200. The highest BCUT2D eigenvalue weighted by Crippen LogP contribution is 2.21. The predicted octanol–water partition coefficient (Wildman–Crippen LogP) is 2.31. The zero-order valence-electron chi connectivity index (χ0n) is 12.4. The molecule has 6 nitrogen and oxygen atoms in total. The molecule has 1 amide bonds. The second-order valence-electron chi connectivity index (χ2n) is 4.50. The Bertz CT molecular complexity index is 766. The van der Waals surface area contributed by atoms with E-state index in [4.69, 9.17) is 4.74 Å². The Balaban J connectivity index is 2.29. The number of benzene rings is 1. The van der Waals surface area contributed by atoms with Gasteiger partial charge in [0.25, 0.3) is 15.9 Å². The summed E-state index contributed by atoms with van der Waals surface area (Å²) in [7, 11) is -2.67. The van der Waals surface area contributed by atoms with Gasteiger partial charge < -0.3 is 4.74 Å². The van der Waals surface area contributed by atoms with Gasteiger partial charge in [-0.1, -0.05) is 0 Å². The topological polar surface area (TPSA) is 76.6 Å². The van der Waals surface area contributed by atoms with Gasteiger partial charge in [-0.25, -0.2) is 12.7 Å². The van der Waals surface area contributed by atoms with Crippen molar-refractivity contribution in [3.63, 3.8) is 0 Å². The molecule has 2 rings (SSSR count). The summed E-state index contributed by atoms with van der Waals surface area (Å²) in [4.78, 5) is 12.3. The van der Waals surface area contributed by atoms with E-state index in [2.05, 4.69) is 4.37 Å². The standard InChI is InChI=1S/C14H16N2O4S2/c1-4-20-11-5-7-12(8-6-11)22(18,19)16(3)14(17)13-9-21-15-10(13)2/h5-9H,4H2,1-3H3. The SMILES string of the molecule is CCOc1ccc(S(=O)(=O)N(C)C(=O)c2csnc2C)cc1. The van der Waals surface area contributed by atoms with Crippen molar-refractivity contribution in [2.75, 3.05) is 13.7 Å². The summed E-state index contributed by atoms with van der Waals surface area (Å²) in [6.07, 6.45) is 0. The van der Waals surface area contributed by atoms with Crippen molar-refractivity contribution in [1.29, 1.82) is 0 Å². The molecule has 0 N–H and O–H groups in total. The highest BCUT2D eigenvalue weighted by Gasteiger charge is 2.28. The molecule has 0 aliphatic heterocycles. The fourth-order valence-corrected chi connectivity index (χ4v) is 3.61. The van der Waals surface area contributed by atoms with Gasteiger partial charge >= 0.3 is 0 Å². The Morgan fingerprint density at radius 3 is 2.45 bits per heavy atom. The molecule has 0 bridgehead atoms. The lowest BCUT2D eigenvalue weighted by atomic mass is 10.2. The van der Waals surface area contributed by atoms with Crippen molar-refractivity contribution in [3.05, 3.63) is 40.9 Å². The van der Waals surface area contributed by atoms with Crippen LogP contribution in [0.1, 0.15) is 23.0 Å². The zero-order valence-corrected chi connectivity index (χ0v) is 14.1. The molecule has 2 aromatic rings. The lowest BCUT2D eigenvalue weighted by molar-refractivity contribution is 0.0882. The normalized spacial score (nSPS) is 11.2. The van der Waals surface area contributed by atoms with Gasteiger partial charge in [-0.05, 0) is 49.6 Å². The smallest absolute Gasteiger partial charge is 0.270 e. The second kappa shape index (κ2) is 6.45. The third-order valence-electron chi connectivity index (χ3n) is 3.06. The number of nitrogens with zero attached hydrogens (tertiary/aromatic N) is 2. The minimum Gasteiger partial charge on any atom is -0.494 e. The van der Waals surface area contributed by atoms with Gasteiger partial charge in [0.05, 0.1) is 22.8 Å². The third kappa shape index (κ3) is 3.12. The van der Waals surface area contributed by atoms with Crippen LogP contribution >= 0.6 is 11.5 Å². The fourth-order valence-electron chi connectivity index (χ4n) is 1.81. The van der Waals surface area contributed by atoms with Gasteiger partial charge in [0.2, 0.25) is 0 Å². The van der Waals surface area contributed by atoms with Crippen molar-refractivity contribution in [2.45, 2.75) is 18.7 Å². The van der Waals surface area contributed by atoms with E-state index in [9.17, 15) is 13.2 Å². The van der Waals surface area contributed by atoms with Crippen LogP contribution in [0.25, 0.3) is 0 Å². The lowest BCUT2D eigenvalue weighted by Crippen LogP contribution is -2.33. The van der Waals surface area contributed by atoms with Gasteiger partial charge in [-0.3, -0.25) is 4.79 Å². The number of rotatable bonds is 5. The number of amides is 1. The molecule has 0 saturated heterocycles. The third-order valence-corrected chi connectivity index (χ3v) is 5.53. The van der Waals surface area contributed by atoms with E-state index in [1.807, 2.05) is 6.92 Å². The lowest BCUT2D eigenvalue weighted by Gasteiger charge is -2.17. The van der Waals surface area contributed by atoms with Gasteiger partial charge in [0.15, 0.2) is 0 Å². The number of carbonyl (C=O) groups excluding carboxylic acids is 1. The maximum atomic E-state index is 12.5. The summed E-state index contributed by atoms with van der Waals surface area (Å²) < 4.78 is 35.0. The number of hydrogen-bond donors (Lipinski definition) is 0. The summed E-state index contributed by atoms with van der Waals surface area (Å²) in [5.41, 5.74) is 0.811. The molecule has 0 aliphatic carbocycles. The van der Waals surface area contributed by atoms with Crippen LogP contribution in [0.2, 0.25) is 0 Å². The molecule has 0 spiro atoms. The minimum absolute atomic E-state index is 0.0349. The molecule has 1 heterocycles. The second-order valence-corrected chi connectivity index (χ2v) is 7.09. The van der Waals surface area contributed by atoms with Crippen molar-refractivity contribution in [2.24, 2.45) is 0 Å². The fraction of sp³-hybridized carbons (Fsp3) is 0.286. The molecule has 1 aromatic heterocycles. The Morgan fingerprint density at radius 2 is 1.95 bits per heavy atom. The van der Waals surface area contributed by atoms with Crippen LogP contribution in [-0.4, -0.2) is 36.7 Å². The molecule has 118 valence electrons. The summed E-state index contributed by atoms with van der Waals surface area (Å²) >= 11 is 1.12. The van der Waals surface area contributed by atoms with E-state index in [0.29, 0.717) is 23.6 Å². The van der Waals surface area contributed by atoms with E-state index >= 15 is 0 Å². The Hall–Kier alpha value is -1.93. The van der Waals surface area contributed by atoms with E-state index in [-0.39, 0.29) is 4.90 Å². The van der Waals surface area contributed by atoms with E-state index < -0.39 is 15.9 Å². The largest absolute Gasteiger partial charge is 0.494 e. The summed E-state index contributed by atoms with van der Waals surface area (Å²) in [6.45, 7) is 4.00. The maximum absolute atomic E-state index is 12.5. The van der Waals surface area contributed by atoms with Crippen LogP contribution in [-0.2, 0) is 10.0 Å². The highest BCUT2D eigenvalue weighted by atomic mass is 32.2. The average molecular weight is 340 g/mol. The van der Waals surface area contributed by atoms with Crippen LogP contribution in [0.3, 0.4) is 0 Å². The molecule has 0 saturated carbocycles. The molecule has 8 heteroatoms. The van der Waals surface area contributed by atoms with Crippen molar-refractivity contribution in [3.8, 4) is 5.75 Å². The van der Waals surface area contributed by atoms with Crippen molar-refractivity contribution >= 4 is 27.5 Å². The number of aromatic nitrogens is 1. The Kier molecular flexibility index (Phi) is 4.82. The van der Waals surface area contributed by atoms with E-state index in [0.717, 1.165) is 15.8 Å². The van der Waals surface area contributed by atoms with Gasteiger partial charge in [0.1, 0.15) is 5.75 Å². The molecule has 0 radical (unpaired) electrons. The number of carbonyl (C=O) groups is 1. The van der Waals surface area contributed by atoms with Crippen LogP contribution < -0.4 is 4.74 Å². The molecule has 0 fully saturated rings. The number of sulfonamides is 1. The monoisotopic (exact) mass is 340 g/mol. The molecule has 22 heavy (non-hydrogen) atoms. The van der Waals surface area contributed by atoms with Gasteiger partial charge in [0, 0.05) is 12.4 Å². The first kappa shape index (κ1) is 16.4. The quantitative estimate of drug-likeness (QED) is 0.835. The molecule has 1 aromatic carbocycles. The zero-order chi connectivity index (χ0) is 16.3. The number of aryl methyl sites for hydroxylation is 1. The number of ether oxygens (including phenoxy) is 1. The molecular weight excluding hydrogens is 324 g/mol. The average Bonchev–Trinajstić information content (AvgIpc) is 2.93. The Morgan fingerprint density at radius 1 is 1.32 bits per heavy atom. The highest BCUT2D eigenvalue weighted by molar-refractivity contribution is 7.89. The summed E-state index contributed by atoms with van der Waals surface area (Å²) in [6, 6.07) is 5.96. The molecule has 0 atom stereocenters. The van der Waals surface area contributed by atoms with Crippen LogP contribution in [0.15, 0.2) is 34.5 Å². The van der Waals surface area contributed by atoms with Crippen LogP contribution in [0, 0.1) is 6.92 Å². The molecule has 0 unspecified atom stereocenters. The first-order valence-electron chi connectivity index (χ1n) is 6.55. The van der Waals surface area contributed by atoms with E-state index in [1.54, 1.807) is 24.4 Å². The van der Waals surface area contributed by atoms with Gasteiger partial charge in [-0.15, -0.1) is 0 Å². The number of hydrogen-bond acceptors (Lipinski definition) is 6. The molecule has 0 aliphatic rings. The van der Waals surface area contributed by atoms with Gasteiger partial charge in [-0.2, -0.15) is 4.37 Å². The van der Waals surface area contributed by atoms with Crippen molar-refractivity contribution < 1.29 is 17.9 Å². The predicted molar refractivity (Wildman–Crippen MR) is 83.7 cm³/mol. The minimum atomic E-state index is -3.91. The first-order valence-corrected chi connectivity index (χ1v) is 8.82. The van der Waals surface area contributed by atoms with Crippen LogP contribution in [0.4, 0.5) is 0 Å². The Labute approximate surface area is 133 Å².